The minimum atomic E-state index is -4.96. The molecule has 0 aliphatic heterocycles. The van der Waals surface area contributed by atoms with E-state index in [1.54, 1.807) is 0 Å². The number of carbonyl (C=O) groups excluding carboxylic acids is 4. The highest BCUT2D eigenvalue weighted by Crippen LogP contribution is 2.45. The van der Waals surface area contributed by atoms with E-state index in [4.69, 9.17) is 37.0 Å². The molecule has 0 bridgehead atoms. The second-order valence-corrected chi connectivity index (χ2v) is 30.4. The number of phosphoric ester groups is 2. The van der Waals surface area contributed by atoms with Crippen LogP contribution in [0, 0.1) is 23.7 Å². The minimum Gasteiger partial charge on any atom is -0.462 e. The van der Waals surface area contributed by atoms with Crippen molar-refractivity contribution in [2.24, 2.45) is 23.7 Å². The fourth-order valence-corrected chi connectivity index (χ4v) is 12.5. The van der Waals surface area contributed by atoms with Crippen LogP contribution in [0.25, 0.3) is 0 Å². The Kier molecular flexibility index (Phi) is 61.3. The summed E-state index contributed by atoms with van der Waals surface area (Å²) in [4.78, 5) is 72.7. The highest BCUT2D eigenvalue weighted by atomic mass is 31.2. The molecule has 0 saturated heterocycles. The first-order chi connectivity index (χ1) is 44.2. The van der Waals surface area contributed by atoms with Gasteiger partial charge in [0.2, 0.25) is 0 Å². The van der Waals surface area contributed by atoms with Crippen molar-refractivity contribution in [2.45, 2.75) is 382 Å². The molecule has 3 N–H and O–H groups in total. The molecule has 8 atom stereocenters. The van der Waals surface area contributed by atoms with E-state index in [9.17, 15) is 43.2 Å². The first-order valence-corrected chi connectivity index (χ1v) is 40.8. The molecule has 0 aliphatic carbocycles. The lowest BCUT2D eigenvalue weighted by molar-refractivity contribution is -0.161. The Morgan fingerprint density at radius 1 is 0.304 bits per heavy atom. The molecule has 92 heavy (non-hydrogen) atoms. The fraction of sp³-hybridized carbons (Fsp3) is 0.945. The average Bonchev–Trinajstić information content (AvgIpc) is 3.65. The van der Waals surface area contributed by atoms with E-state index in [2.05, 4.69) is 55.4 Å². The number of aliphatic hydroxyl groups is 1. The zero-order chi connectivity index (χ0) is 68.2. The molecule has 0 aromatic carbocycles. The highest BCUT2D eigenvalue weighted by Gasteiger charge is 2.30. The van der Waals surface area contributed by atoms with Crippen LogP contribution in [0.5, 0.6) is 0 Å². The molecule has 0 fully saturated rings. The van der Waals surface area contributed by atoms with Crippen molar-refractivity contribution < 1.29 is 80.2 Å². The SMILES string of the molecule is CCC(C)CCCCCCCCCCCCC(=O)OC[C@H](COP(=O)(O)OCC(O)COP(=O)(O)OC[C@@H](COC(=O)CCCCCCCCCC(C)C)OC(=O)CCCCCCCCCCCCC(C)CC)OC(=O)CCCCCCCCCCCCC(C)CC. The fourth-order valence-electron chi connectivity index (χ4n) is 10.9. The summed E-state index contributed by atoms with van der Waals surface area (Å²) in [6, 6.07) is 0. The van der Waals surface area contributed by atoms with Gasteiger partial charge >= 0.3 is 39.5 Å². The second-order valence-electron chi connectivity index (χ2n) is 27.5. The van der Waals surface area contributed by atoms with E-state index >= 15 is 0 Å². The molecular formula is C73H142O17P2. The van der Waals surface area contributed by atoms with E-state index in [-0.39, 0.29) is 25.7 Å². The number of hydrogen-bond donors (Lipinski definition) is 3. The highest BCUT2D eigenvalue weighted by molar-refractivity contribution is 7.47. The van der Waals surface area contributed by atoms with Gasteiger partial charge in [0, 0.05) is 25.7 Å². The number of aliphatic hydroxyl groups excluding tert-OH is 1. The number of phosphoric acid groups is 2. The standard InChI is InChI=1S/C73H142O17P2/c1-9-64(6)50-42-34-26-18-12-15-21-29-37-45-53-70(75)83-59-68(89-72(77)55-47-39-30-22-16-13-19-27-35-43-51-65(7)10-2)61-87-91(79,80)85-57-67(74)58-86-92(81,82)88-62-69(60-84-71(76)54-46-38-32-24-25-33-41-49-63(4)5)90-73(78)56-48-40-31-23-17-14-20-28-36-44-52-66(8)11-3/h63-69,74H,9-62H2,1-8H3,(H,79,80)(H,81,82)/t64?,65?,66?,67?,68-,69-/m1/s1. The Bertz CT molecular complexity index is 1820. The molecule has 19 heteroatoms. The van der Waals surface area contributed by atoms with Crippen molar-refractivity contribution in [3.63, 3.8) is 0 Å². The van der Waals surface area contributed by atoms with Crippen LogP contribution in [0.15, 0.2) is 0 Å². The molecule has 0 aromatic rings. The average molecular weight is 1350 g/mol. The normalized spacial score (nSPS) is 15.1. The quantitative estimate of drug-likeness (QED) is 0.0222. The van der Waals surface area contributed by atoms with Crippen LogP contribution in [-0.4, -0.2) is 96.7 Å². The van der Waals surface area contributed by atoms with Crippen molar-refractivity contribution in [3.05, 3.63) is 0 Å². The molecule has 0 spiro atoms. The maximum Gasteiger partial charge on any atom is 0.472 e. The monoisotopic (exact) mass is 1350 g/mol. The zero-order valence-electron chi connectivity index (χ0n) is 60.2. The van der Waals surface area contributed by atoms with E-state index in [0.717, 1.165) is 114 Å². The van der Waals surface area contributed by atoms with E-state index in [1.807, 2.05) is 0 Å². The summed E-state index contributed by atoms with van der Waals surface area (Å²) in [5, 5.41) is 10.6. The summed E-state index contributed by atoms with van der Waals surface area (Å²) in [5.41, 5.74) is 0. The third-order valence-corrected chi connectivity index (χ3v) is 19.8. The number of esters is 4. The molecule has 6 unspecified atom stereocenters. The molecule has 0 rings (SSSR count). The summed E-state index contributed by atoms with van der Waals surface area (Å²) in [6.07, 6.45) is 45.6. The van der Waals surface area contributed by atoms with Crippen LogP contribution in [0.4, 0.5) is 0 Å². The molecule has 17 nitrogen and oxygen atoms in total. The Morgan fingerprint density at radius 3 is 0.772 bits per heavy atom. The number of rotatable bonds is 70. The Morgan fingerprint density at radius 2 is 0.522 bits per heavy atom. The minimum absolute atomic E-state index is 0.105. The van der Waals surface area contributed by atoms with Gasteiger partial charge in [-0.1, -0.05) is 312 Å². The molecule has 0 aliphatic rings. The van der Waals surface area contributed by atoms with Gasteiger partial charge in [-0.3, -0.25) is 37.3 Å². The molecule has 0 heterocycles. The summed E-state index contributed by atoms with van der Waals surface area (Å²) in [7, 11) is -9.91. The molecule has 0 aromatic heterocycles. The van der Waals surface area contributed by atoms with Crippen LogP contribution in [0.1, 0.15) is 364 Å². The lowest BCUT2D eigenvalue weighted by Gasteiger charge is -2.21. The van der Waals surface area contributed by atoms with E-state index in [1.165, 1.54) is 161 Å². The Hall–Kier alpha value is -1.94. The molecule has 0 saturated carbocycles. The van der Waals surface area contributed by atoms with Gasteiger partial charge in [0.15, 0.2) is 12.2 Å². The van der Waals surface area contributed by atoms with E-state index in [0.29, 0.717) is 31.6 Å². The summed E-state index contributed by atoms with van der Waals surface area (Å²) in [6.45, 7) is 14.2. The Balaban J connectivity index is 5.28. The second kappa shape index (κ2) is 62.6. The summed E-state index contributed by atoms with van der Waals surface area (Å²) in [5.74, 6) is 0.995. The van der Waals surface area contributed by atoms with Gasteiger partial charge < -0.3 is 33.8 Å². The smallest absolute Gasteiger partial charge is 0.462 e. The van der Waals surface area contributed by atoms with Crippen molar-refractivity contribution in [2.75, 3.05) is 39.6 Å². The number of ether oxygens (including phenoxy) is 4. The van der Waals surface area contributed by atoms with Crippen LogP contribution in [0.2, 0.25) is 0 Å². The van der Waals surface area contributed by atoms with E-state index < -0.39 is 97.5 Å². The maximum absolute atomic E-state index is 13.1. The summed E-state index contributed by atoms with van der Waals surface area (Å²) < 4.78 is 68.4. The molecule has 0 radical (unpaired) electrons. The van der Waals surface area contributed by atoms with Crippen LogP contribution in [-0.2, 0) is 65.4 Å². The maximum atomic E-state index is 13.1. The predicted octanol–water partition coefficient (Wildman–Crippen LogP) is 20.9. The molecule has 546 valence electrons. The summed E-state index contributed by atoms with van der Waals surface area (Å²) >= 11 is 0. The first kappa shape index (κ1) is 90.1. The van der Waals surface area contributed by atoms with Crippen LogP contribution >= 0.6 is 15.6 Å². The molecule has 0 amide bonds. The number of unbranched alkanes of at least 4 members (excludes halogenated alkanes) is 33. The predicted molar refractivity (Wildman–Crippen MR) is 372 cm³/mol. The Labute approximate surface area is 562 Å². The topological polar surface area (TPSA) is 237 Å². The largest absolute Gasteiger partial charge is 0.472 e. The third kappa shape index (κ3) is 62.8. The van der Waals surface area contributed by atoms with Gasteiger partial charge in [0.05, 0.1) is 26.4 Å². The molecular weight excluding hydrogens is 1210 g/mol. The van der Waals surface area contributed by atoms with Crippen molar-refractivity contribution >= 4 is 39.5 Å². The first-order valence-electron chi connectivity index (χ1n) is 37.8. The van der Waals surface area contributed by atoms with Crippen molar-refractivity contribution in [1.29, 1.82) is 0 Å². The number of carbonyl (C=O) groups is 4. The van der Waals surface area contributed by atoms with Gasteiger partial charge in [-0.2, -0.15) is 0 Å². The lowest BCUT2D eigenvalue weighted by atomic mass is 9.99. The van der Waals surface area contributed by atoms with Gasteiger partial charge in [-0.25, -0.2) is 9.13 Å². The van der Waals surface area contributed by atoms with Gasteiger partial charge in [-0.05, 0) is 49.4 Å². The van der Waals surface area contributed by atoms with Gasteiger partial charge in [-0.15, -0.1) is 0 Å². The van der Waals surface area contributed by atoms with Crippen LogP contribution in [0.3, 0.4) is 0 Å². The zero-order valence-corrected chi connectivity index (χ0v) is 62.0. The number of hydrogen-bond acceptors (Lipinski definition) is 15. The third-order valence-electron chi connectivity index (χ3n) is 17.9. The van der Waals surface area contributed by atoms with Gasteiger partial charge in [0.25, 0.3) is 0 Å². The lowest BCUT2D eigenvalue weighted by Crippen LogP contribution is -2.30. The van der Waals surface area contributed by atoms with Crippen molar-refractivity contribution in [3.8, 4) is 0 Å². The van der Waals surface area contributed by atoms with Crippen molar-refractivity contribution in [1.82, 2.24) is 0 Å². The van der Waals surface area contributed by atoms with Crippen LogP contribution < -0.4 is 0 Å². The van der Waals surface area contributed by atoms with Gasteiger partial charge in [0.1, 0.15) is 19.3 Å².